The topological polar surface area (TPSA) is 75.0 Å². The average molecular weight is 466 g/mol. The predicted octanol–water partition coefficient (Wildman–Crippen LogP) is 4.90. The van der Waals surface area contributed by atoms with Crippen molar-refractivity contribution in [1.29, 1.82) is 0 Å². The molecule has 1 saturated heterocycles. The monoisotopic (exact) mass is 465 g/mol. The van der Waals surface area contributed by atoms with Crippen molar-refractivity contribution in [1.82, 2.24) is 9.80 Å². The molecule has 34 heavy (non-hydrogen) atoms. The molecule has 0 atom stereocenters. The number of nitrogens with zero attached hydrogens (tertiary/aromatic N) is 2. The summed E-state index contributed by atoms with van der Waals surface area (Å²) in [5.41, 5.74) is 2.06. The number of piperidine rings is 1. The fraction of sp³-hybridized carbons (Fsp3) is 0.308. The van der Waals surface area contributed by atoms with Crippen LogP contribution in [0.1, 0.15) is 34.5 Å². The number of carbonyl (C=O) groups is 2. The standard InChI is InChI=1S/C26H28FN3O4/c1-33-25(31)20-9-7-19(8-10-20)17-29-13-11-23(12-14-29)30(18-24-6-3-15-34-24)26(32)28-22-5-2-4-21(27)16-22/h2-10,15-16,23H,11-14,17-18H2,1H3,(H,28,32). The van der Waals surface area contributed by atoms with Crippen molar-refractivity contribution in [2.45, 2.75) is 32.0 Å². The van der Waals surface area contributed by atoms with Crippen LogP contribution in [0.25, 0.3) is 0 Å². The lowest BCUT2D eigenvalue weighted by atomic mass is 10.0. The Morgan fingerprint density at radius 2 is 1.88 bits per heavy atom. The Hall–Kier alpha value is -3.65. The zero-order chi connectivity index (χ0) is 23.9. The van der Waals surface area contributed by atoms with Crippen LogP contribution in [0.4, 0.5) is 14.9 Å². The number of methoxy groups -OCH3 is 1. The van der Waals surface area contributed by atoms with E-state index in [1.165, 1.54) is 19.2 Å². The highest BCUT2D eigenvalue weighted by Crippen LogP contribution is 2.22. The second-order valence-corrected chi connectivity index (χ2v) is 8.34. The van der Waals surface area contributed by atoms with Gasteiger partial charge in [0.15, 0.2) is 0 Å². The molecule has 1 aromatic heterocycles. The third kappa shape index (κ3) is 6.02. The predicted molar refractivity (Wildman–Crippen MR) is 126 cm³/mol. The molecule has 1 fully saturated rings. The lowest BCUT2D eigenvalue weighted by Crippen LogP contribution is -2.48. The number of amides is 2. The van der Waals surface area contributed by atoms with Gasteiger partial charge in [-0.3, -0.25) is 4.90 Å². The minimum absolute atomic E-state index is 0.0246. The fourth-order valence-corrected chi connectivity index (χ4v) is 4.21. The van der Waals surface area contributed by atoms with E-state index in [1.54, 1.807) is 41.5 Å². The first kappa shape index (κ1) is 23.5. The summed E-state index contributed by atoms with van der Waals surface area (Å²) in [5, 5.41) is 2.82. The Bertz CT molecular complexity index is 1090. The molecule has 0 radical (unpaired) electrons. The average Bonchev–Trinajstić information content (AvgIpc) is 3.36. The van der Waals surface area contributed by atoms with Gasteiger partial charge in [0.25, 0.3) is 0 Å². The zero-order valence-electron chi connectivity index (χ0n) is 19.1. The van der Waals surface area contributed by atoms with Gasteiger partial charge in [-0.2, -0.15) is 0 Å². The maximum atomic E-state index is 13.6. The van der Waals surface area contributed by atoms with Crippen molar-refractivity contribution in [2.24, 2.45) is 0 Å². The molecule has 2 amide bonds. The molecule has 8 heteroatoms. The summed E-state index contributed by atoms with van der Waals surface area (Å²) in [6.45, 7) is 2.76. The molecular weight excluding hydrogens is 437 g/mol. The minimum Gasteiger partial charge on any atom is -0.467 e. The molecular formula is C26H28FN3O4. The van der Waals surface area contributed by atoms with Gasteiger partial charge >= 0.3 is 12.0 Å². The Labute approximate surface area is 198 Å². The summed E-state index contributed by atoms with van der Waals surface area (Å²) in [5.74, 6) is -0.0497. The van der Waals surface area contributed by atoms with Crippen molar-refractivity contribution < 1.29 is 23.1 Å². The van der Waals surface area contributed by atoms with E-state index in [-0.39, 0.29) is 18.0 Å². The molecule has 4 rings (SSSR count). The fourth-order valence-electron chi connectivity index (χ4n) is 4.21. The van der Waals surface area contributed by atoms with Gasteiger partial charge in [-0.1, -0.05) is 18.2 Å². The number of ether oxygens (including phenoxy) is 1. The number of furan rings is 1. The molecule has 0 bridgehead atoms. The lowest BCUT2D eigenvalue weighted by Gasteiger charge is -2.38. The van der Waals surface area contributed by atoms with E-state index in [0.29, 0.717) is 23.6 Å². The minimum atomic E-state index is -0.400. The van der Waals surface area contributed by atoms with Crippen LogP contribution in [0.15, 0.2) is 71.3 Å². The summed E-state index contributed by atoms with van der Waals surface area (Å²) in [4.78, 5) is 28.9. The molecule has 7 nitrogen and oxygen atoms in total. The van der Waals surface area contributed by atoms with E-state index in [4.69, 9.17) is 9.15 Å². The van der Waals surface area contributed by atoms with Crippen molar-refractivity contribution in [2.75, 3.05) is 25.5 Å². The molecule has 0 aliphatic carbocycles. The molecule has 3 aromatic rings. The zero-order valence-corrected chi connectivity index (χ0v) is 19.1. The van der Waals surface area contributed by atoms with Gasteiger partial charge in [-0.05, 0) is 60.9 Å². The highest BCUT2D eigenvalue weighted by molar-refractivity contribution is 5.89. The number of anilines is 1. The van der Waals surface area contributed by atoms with Crippen molar-refractivity contribution in [3.05, 3.63) is 89.6 Å². The van der Waals surface area contributed by atoms with E-state index in [9.17, 15) is 14.0 Å². The van der Waals surface area contributed by atoms with Crippen molar-refractivity contribution in [3.63, 3.8) is 0 Å². The largest absolute Gasteiger partial charge is 0.467 e. The van der Waals surface area contributed by atoms with Crippen LogP contribution in [0, 0.1) is 5.82 Å². The first-order valence-electron chi connectivity index (χ1n) is 11.3. The van der Waals surface area contributed by atoms with E-state index >= 15 is 0 Å². The summed E-state index contributed by atoms with van der Waals surface area (Å²) in [6.07, 6.45) is 3.20. The van der Waals surface area contributed by atoms with Gasteiger partial charge in [0.05, 0.1) is 25.5 Å². The van der Waals surface area contributed by atoms with Gasteiger partial charge in [-0.25, -0.2) is 14.0 Å². The SMILES string of the molecule is COC(=O)c1ccc(CN2CCC(N(Cc3ccco3)C(=O)Nc3cccc(F)c3)CC2)cc1. The lowest BCUT2D eigenvalue weighted by molar-refractivity contribution is 0.0600. The number of carbonyl (C=O) groups excluding carboxylic acids is 2. The van der Waals surface area contributed by atoms with Crippen LogP contribution in [0.3, 0.4) is 0 Å². The molecule has 0 saturated carbocycles. The molecule has 178 valence electrons. The number of rotatable bonds is 7. The summed E-state index contributed by atoms with van der Waals surface area (Å²) < 4.78 is 23.8. The van der Waals surface area contributed by atoms with E-state index < -0.39 is 5.82 Å². The van der Waals surface area contributed by atoms with Crippen LogP contribution in [-0.2, 0) is 17.8 Å². The number of esters is 1. The number of benzene rings is 2. The van der Waals surface area contributed by atoms with Gasteiger partial charge in [0, 0.05) is 31.4 Å². The maximum Gasteiger partial charge on any atom is 0.337 e. The van der Waals surface area contributed by atoms with Crippen molar-refractivity contribution in [3.8, 4) is 0 Å². The van der Waals surface area contributed by atoms with Crippen LogP contribution in [0.2, 0.25) is 0 Å². The maximum absolute atomic E-state index is 13.6. The highest BCUT2D eigenvalue weighted by atomic mass is 19.1. The first-order chi connectivity index (χ1) is 16.5. The second kappa shape index (κ2) is 11.0. The number of hydrogen-bond donors (Lipinski definition) is 1. The molecule has 2 heterocycles. The number of urea groups is 1. The van der Waals surface area contributed by atoms with Gasteiger partial charge in [-0.15, -0.1) is 0 Å². The van der Waals surface area contributed by atoms with E-state index in [0.717, 1.165) is 38.0 Å². The number of hydrogen-bond acceptors (Lipinski definition) is 5. The Kier molecular flexibility index (Phi) is 7.59. The Balaban J connectivity index is 1.38. The van der Waals surface area contributed by atoms with E-state index in [1.807, 2.05) is 18.2 Å². The number of nitrogens with one attached hydrogen (secondary N) is 1. The molecule has 2 aromatic carbocycles. The van der Waals surface area contributed by atoms with Gasteiger partial charge in [0.1, 0.15) is 11.6 Å². The van der Waals surface area contributed by atoms with Crippen LogP contribution >= 0.6 is 0 Å². The quantitative estimate of drug-likeness (QED) is 0.502. The molecule has 1 N–H and O–H groups in total. The van der Waals surface area contributed by atoms with Crippen LogP contribution in [-0.4, -0.2) is 48.0 Å². The molecule has 0 spiro atoms. The Morgan fingerprint density at radius 3 is 2.53 bits per heavy atom. The third-order valence-electron chi connectivity index (χ3n) is 6.02. The normalized spacial score (nSPS) is 14.5. The van der Waals surface area contributed by atoms with Crippen molar-refractivity contribution >= 4 is 17.7 Å². The third-order valence-corrected chi connectivity index (χ3v) is 6.02. The van der Waals surface area contributed by atoms with Crippen LogP contribution < -0.4 is 5.32 Å². The molecule has 1 aliphatic heterocycles. The first-order valence-corrected chi connectivity index (χ1v) is 11.3. The molecule has 1 aliphatic rings. The van der Waals surface area contributed by atoms with Gasteiger partial charge in [0.2, 0.25) is 0 Å². The smallest absolute Gasteiger partial charge is 0.337 e. The number of halogens is 1. The highest BCUT2D eigenvalue weighted by Gasteiger charge is 2.29. The Morgan fingerprint density at radius 1 is 1.12 bits per heavy atom. The second-order valence-electron chi connectivity index (χ2n) is 8.34. The summed E-state index contributed by atoms with van der Waals surface area (Å²) in [7, 11) is 1.37. The summed E-state index contributed by atoms with van der Waals surface area (Å²) in [6, 6.07) is 16.7. The molecule has 0 unspecified atom stereocenters. The van der Waals surface area contributed by atoms with Gasteiger partial charge < -0.3 is 19.4 Å². The van der Waals surface area contributed by atoms with E-state index in [2.05, 4.69) is 10.2 Å². The summed E-state index contributed by atoms with van der Waals surface area (Å²) >= 11 is 0. The van der Waals surface area contributed by atoms with Crippen LogP contribution in [0.5, 0.6) is 0 Å². The number of likely N-dealkylation sites (tertiary alicyclic amines) is 1.